The highest BCUT2D eigenvalue weighted by Gasteiger charge is 2.30. The van der Waals surface area contributed by atoms with Crippen LogP contribution in [0, 0.1) is 5.82 Å². The first kappa shape index (κ1) is 27.9. The summed E-state index contributed by atoms with van der Waals surface area (Å²) >= 11 is 0. The van der Waals surface area contributed by atoms with Gasteiger partial charge in [-0.1, -0.05) is 0 Å². The Morgan fingerprint density at radius 1 is 1.10 bits per heavy atom. The number of halogens is 1. The van der Waals surface area contributed by atoms with E-state index in [-0.39, 0.29) is 24.2 Å². The maximum absolute atomic E-state index is 13.5. The topological polar surface area (TPSA) is 113 Å². The second kappa shape index (κ2) is 11.3. The van der Waals surface area contributed by atoms with Gasteiger partial charge in [0.2, 0.25) is 5.91 Å². The van der Waals surface area contributed by atoms with Crippen LogP contribution in [0.5, 0.6) is 0 Å². The largest absolute Gasteiger partial charge is 0.455 e. The van der Waals surface area contributed by atoms with Crippen molar-refractivity contribution in [3.05, 3.63) is 53.3 Å². The average molecular weight is 539 g/mol. The first-order chi connectivity index (χ1) is 18.5. The van der Waals surface area contributed by atoms with E-state index in [9.17, 15) is 18.8 Å². The predicted molar refractivity (Wildman–Crippen MR) is 147 cm³/mol. The van der Waals surface area contributed by atoms with E-state index in [1.807, 2.05) is 24.1 Å². The third-order valence-electron chi connectivity index (χ3n) is 6.39. The fraction of sp³-hybridized carbons (Fsp3) is 0.414. The lowest BCUT2D eigenvalue weighted by Gasteiger charge is -2.23. The number of likely N-dealkylation sites (N-methyl/N-ethyl adjacent to an activating group) is 1. The van der Waals surface area contributed by atoms with E-state index in [0.717, 1.165) is 24.1 Å². The van der Waals surface area contributed by atoms with Crippen molar-refractivity contribution >= 4 is 34.6 Å². The van der Waals surface area contributed by atoms with E-state index in [1.54, 1.807) is 40.0 Å². The van der Waals surface area contributed by atoms with Crippen LogP contribution in [-0.4, -0.2) is 57.2 Å². The van der Waals surface area contributed by atoms with E-state index in [1.165, 1.54) is 12.1 Å². The number of furan rings is 1. The summed E-state index contributed by atoms with van der Waals surface area (Å²) in [4.78, 5) is 38.9. The zero-order chi connectivity index (χ0) is 28.3. The van der Waals surface area contributed by atoms with Gasteiger partial charge in [0.1, 0.15) is 22.8 Å². The summed E-state index contributed by atoms with van der Waals surface area (Å²) in [5.74, 6) is -0.211. The molecule has 0 saturated heterocycles. The summed E-state index contributed by atoms with van der Waals surface area (Å²) in [6.45, 7) is 5.94. The highest BCUT2D eigenvalue weighted by molar-refractivity contribution is 6.11. The Morgan fingerprint density at radius 3 is 2.41 bits per heavy atom. The van der Waals surface area contributed by atoms with Crippen molar-refractivity contribution in [3.63, 3.8) is 0 Å². The van der Waals surface area contributed by atoms with E-state index < -0.39 is 11.7 Å². The molecule has 1 heterocycles. The molecule has 208 valence electrons. The monoisotopic (exact) mass is 538 g/mol. The molecule has 0 bridgehead atoms. The zero-order valence-electron chi connectivity index (χ0n) is 22.9. The molecule has 1 saturated carbocycles. The number of nitrogens with one attached hydrogen (secondary N) is 3. The van der Waals surface area contributed by atoms with Gasteiger partial charge in [-0.05, 0) is 75.4 Å². The molecule has 0 aliphatic heterocycles. The molecule has 3 N–H and O–H groups in total. The predicted octanol–water partition coefficient (Wildman–Crippen LogP) is 4.55. The molecule has 9 nitrogen and oxygen atoms in total. The molecule has 1 aromatic heterocycles. The van der Waals surface area contributed by atoms with Gasteiger partial charge in [-0.15, -0.1) is 0 Å². The summed E-state index contributed by atoms with van der Waals surface area (Å²) in [6, 6.07) is 9.80. The summed E-state index contributed by atoms with van der Waals surface area (Å²) in [5.41, 5.74) is 2.99. The fourth-order valence-corrected chi connectivity index (χ4v) is 4.37. The van der Waals surface area contributed by atoms with Crippen molar-refractivity contribution in [1.82, 2.24) is 16.0 Å². The van der Waals surface area contributed by atoms with Gasteiger partial charge in [0.05, 0.1) is 12.1 Å². The highest BCUT2D eigenvalue weighted by atomic mass is 19.1. The van der Waals surface area contributed by atoms with Crippen LogP contribution >= 0.6 is 0 Å². The van der Waals surface area contributed by atoms with Crippen LogP contribution in [0.2, 0.25) is 0 Å². The third-order valence-corrected chi connectivity index (χ3v) is 6.39. The Morgan fingerprint density at radius 2 is 1.79 bits per heavy atom. The molecule has 0 atom stereocenters. The summed E-state index contributed by atoms with van der Waals surface area (Å²) in [6.07, 6.45) is 1.46. The SMILES string of the molecule is CNC(=O)c1c(-c2ccc(F)cc2)oc2cc(N(C)CCNC(=O)CNC(=O)OC(C)(C)C)c(C3CC3)cc12. The molecule has 2 aromatic carbocycles. The van der Waals surface area contributed by atoms with Gasteiger partial charge < -0.3 is 30.0 Å². The standard InChI is InChI=1S/C29H35FN4O5/c1-29(2,3)39-28(37)33-16-24(35)32-12-13-34(5)22-15-23-21(14-20(22)17-6-7-17)25(27(36)31-4)26(38-23)18-8-10-19(30)11-9-18/h8-11,14-15,17H,6-7,12-13,16H2,1-5H3,(H,31,36)(H,32,35)(H,33,37). The molecule has 4 rings (SSSR count). The molecule has 3 amide bonds. The number of benzene rings is 2. The Labute approximate surface area is 227 Å². The zero-order valence-corrected chi connectivity index (χ0v) is 22.9. The minimum absolute atomic E-state index is 0.182. The summed E-state index contributed by atoms with van der Waals surface area (Å²) < 4.78 is 24.9. The van der Waals surface area contributed by atoms with Crippen molar-refractivity contribution in [2.45, 2.75) is 45.1 Å². The lowest BCUT2D eigenvalue weighted by atomic mass is 10.00. The molecule has 1 fully saturated rings. The van der Waals surface area contributed by atoms with Crippen LogP contribution in [0.1, 0.15) is 55.5 Å². The molecule has 0 spiro atoms. The summed E-state index contributed by atoms with van der Waals surface area (Å²) in [7, 11) is 3.50. The number of anilines is 1. The Kier molecular flexibility index (Phi) is 8.13. The molecule has 0 radical (unpaired) electrons. The number of nitrogens with zero attached hydrogens (tertiary/aromatic N) is 1. The normalized spacial score (nSPS) is 13.2. The van der Waals surface area contributed by atoms with Gasteiger partial charge in [-0.3, -0.25) is 9.59 Å². The lowest BCUT2D eigenvalue weighted by Crippen LogP contribution is -2.41. The van der Waals surface area contributed by atoms with E-state index in [2.05, 4.69) is 16.0 Å². The molecule has 0 unspecified atom stereocenters. The van der Waals surface area contributed by atoms with E-state index >= 15 is 0 Å². The van der Waals surface area contributed by atoms with Gasteiger partial charge in [-0.2, -0.15) is 0 Å². The van der Waals surface area contributed by atoms with Crippen LogP contribution in [0.25, 0.3) is 22.3 Å². The molecular weight excluding hydrogens is 503 g/mol. The average Bonchev–Trinajstić information content (AvgIpc) is 3.66. The van der Waals surface area contributed by atoms with Crippen molar-refractivity contribution in [2.24, 2.45) is 0 Å². The van der Waals surface area contributed by atoms with Gasteiger partial charge in [0.25, 0.3) is 5.91 Å². The fourth-order valence-electron chi connectivity index (χ4n) is 4.37. The van der Waals surface area contributed by atoms with Crippen molar-refractivity contribution in [2.75, 3.05) is 38.6 Å². The smallest absolute Gasteiger partial charge is 0.408 e. The third kappa shape index (κ3) is 6.87. The van der Waals surface area contributed by atoms with Crippen molar-refractivity contribution in [3.8, 4) is 11.3 Å². The molecule has 10 heteroatoms. The Bertz CT molecular complexity index is 1370. The van der Waals surface area contributed by atoms with E-state index in [4.69, 9.17) is 9.15 Å². The molecule has 3 aromatic rings. The number of ether oxygens (including phenoxy) is 1. The number of amides is 3. The highest BCUT2D eigenvalue weighted by Crippen LogP contribution is 2.47. The quantitative estimate of drug-likeness (QED) is 0.368. The van der Waals surface area contributed by atoms with Gasteiger partial charge in [0.15, 0.2) is 0 Å². The van der Waals surface area contributed by atoms with Gasteiger partial charge >= 0.3 is 6.09 Å². The second-order valence-corrected chi connectivity index (χ2v) is 10.7. The second-order valence-electron chi connectivity index (χ2n) is 10.7. The maximum Gasteiger partial charge on any atom is 0.408 e. The number of hydrogen-bond acceptors (Lipinski definition) is 6. The van der Waals surface area contributed by atoms with Crippen molar-refractivity contribution < 1.29 is 27.9 Å². The van der Waals surface area contributed by atoms with Crippen LogP contribution in [-0.2, 0) is 9.53 Å². The van der Waals surface area contributed by atoms with Gasteiger partial charge in [-0.25, -0.2) is 9.18 Å². The molecular formula is C29H35FN4O5. The number of hydrogen-bond donors (Lipinski definition) is 3. The van der Waals surface area contributed by atoms with Crippen LogP contribution in [0.3, 0.4) is 0 Å². The number of alkyl carbamates (subject to hydrolysis) is 1. The lowest BCUT2D eigenvalue weighted by molar-refractivity contribution is -0.120. The van der Waals surface area contributed by atoms with Crippen LogP contribution in [0.4, 0.5) is 14.9 Å². The molecule has 39 heavy (non-hydrogen) atoms. The Hall–Kier alpha value is -4.08. The number of fused-ring (bicyclic) bond motifs is 1. The molecule has 1 aliphatic carbocycles. The first-order valence-corrected chi connectivity index (χ1v) is 13.0. The van der Waals surface area contributed by atoms with E-state index in [0.29, 0.717) is 46.9 Å². The number of carbonyl (C=O) groups is 3. The van der Waals surface area contributed by atoms with Gasteiger partial charge in [0, 0.05) is 49.9 Å². The number of rotatable bonds is 9. The molecule has 1 aliphatic rings. The minimum Gasteiger partial charge on any atom is -0.455 e. The maximum atomic E-state index is 13.5. The number of carbonyl (C=O) groups excluding carboxylic acids is 3. The Balaban J connectivity index is 1.52. The first-order valence-electron chi connectivity index (χ1n) is 13.0. The summed E-state index contributed by atoms with van der Waals surface area (Å²) in [5, 5.41) is 8.65. The minimum atomic E-state index is -0.647. The van der Waals surface area contributed by atoms with Crippen molar-refractivity contribution in [1.29, 1.82) is 0 Å². The van der Waals surface area contributed by atoms with Crippen LogP contribution in [0.15, 0.2) is 40.8 Å². The van der Waals surface area contributed by atoms with Crippen LogP contribution < -0.4 is 20.9 Å².